The van der Waals surface area contributed by atoms with Crippen molar-refractivity contribution in [1.29, 1.82) is 0 Å². The Hall–Kier alpha value is -3.03. The lowest BCUT2D eigenvalue weighted by molar-refractivity contribution is -0.188. The summed E-state index contributed by atoms with van der Waals surface area (Å²) in [6, 6.07) is 8.09. The highest BCUT2D eigenvalue weighted by molar-refractivity contribution is 5.65. The third kappa shape index (κ3) is 3.81. The van der Waals surface area contributed by atoms with Crippen LogP contribution in [0.4, 0.5) is 30.7 Å². The lowest BCUT2D eigenvalue weighted by Crippen LogP contribution is -2.24. The van der Waals surface area contributed by atoms with Crippen LogP contribution in [-0.2, 0) is 6.11 Å². The fourth-order valence-electron chi connectivity index (χ4n) is 2.48. The Kier molecular flexibility index (Phi) is 5.06. The van der Waals surface area contributed by atoms with Crippen LogP contribution in [0.25, 0.3) is 11.1 Å². The van der Waals surface area contributed by atoms with E-state index >= 15 is 0 Å². The summed E-state index contributed by atoms with van der Waals surface area (Å²) in [7, 11) is 0. The van der Waals surface area contributed by atoms with Crippen LogP contribution in [0.1, 0.15) is 11.1 Å². The number of ether oxygens (including phenoxy) is 1. The molecule has 0 aliphatic heterocycles. The van der Waals surface area contributed by atoms with Gasteiger partial charge in [-0.15, -0.1) is 0 Å². The van der Waals surface area contributed by atoms with Crippen molar-refractivity contribution in [3.8, 4) is 16.9 Å². The van der Waals surface area contributed by atoms with Gasteiger partial charge < -0.3 is 4.74 Å². The number of aryl methyl sites for hydroxylation is 1. The van der Waals surface area contributed by atoms with E-state index in [4.69, 9.17) is 0 Å². The minimum Gasteiger partial charge on any atom is -0.423 e. The lowest BCUT2D eigenvalue weighted by atomic mass is 10.0. The average molecular weight is 400 g/mol. The Morgan fingerprint density at radius 1 is 0.679 bits per heavy atom. The molecule has 0 heterocycles. The summed E-state index contributed by atoms with van der Waals surface area (Å²) in [5, 5.41) is 0. The van der Waals surface area contributed by atoms with E-state index in [1.807, 2.05) is 6.92 Å². The highest BCUT2D eigenvalue weighted by atomic mass is 19.3. The summed E-state index contributed by atoms with van der Waals surface area (Å²) in [5.74, 6) is -10.1. The van der Waals surface area contributed by atoms with E-state index in [0.717, 1.165) is 17.7 Å². The van der Waals surface area contributed by atoms with E-state index < -0.39 is 46.5 Å². The van der Waals surface area contributed by atoms with Gasteiger partial charge in [0.15, 0.2) is 34.8 Å². The Bertz CT molecular complexity index is 983. The van der Waals surface area contributed by atoms with Crippen molar-refractivity contribution < 1.29 is 35.5 Å². The van der Waals surface area contributed by atoms with E-state index in [0.29, 0.717) is 5.56 Å². The molecule has 0 saturated carbocycles. The van der Waals surface area contributed by atoms with Gasteiger partial charge in [0, 0.05) is 0 Å². The van der Waals surface area contributed by atoms with Crippen LogP contribution < -0.4 is 4.74 Å². The predicted molar refractivity (Wildman–Crippen MR) is 87.4 cm³/mol. The molecule has 0 fully saturated rings. The topological polar surface area (TPSA) is 9.23 Å². The zero-order valence-corrected chi connectivity index (χ0v) is 14.2. The number of alkyl halides is 2. The maximum atomic E-state index is 14.2. The van der Waals surface area contributed by atoms with E-state index in [9.17, 15) is 30.7 Å². The van der Waals surface area contributed by atoms with E-state index in [1.165, 1.54) is 0 Å². The normalized spacial score (nSPS) is 11.6. The van der Waals surface area contributed by atoms with Crippen molar-refractivity contribution in [2.75, 3.05) is 0 Å². The van der Waals surface area contributed by atoms with Crippen LogP contribution in [-0.4, -0.2) is 0 Å². The molecule has 0 N–H and O–H groups in total. The molecule has 28 heavy (non-hydrogen) atoms. The molecule has 146 valence electrons. The first-order valence-electron chi connectivity index (χ1n) is 7.86. The van der Waals surface area contributed by atoms with Gasteiger partial charge in [-0.3, -0.25) is 0 Å². The largest absolute Gasteiger partial charge is 0.427 e. The van der Waals surface area contributed by atoms with Crippen LogP contribution in [0.5, 0.6) is 5.75 Å². The van der Waals surface area contributed by atoms with Crippen LogP contribution in [0.2, 0.25) is 0 Å². The number of hydrogen-bond acceptors (Lipinski definition) is 1. The number of halogens is 7. The third-order valence-corrected chi connectivity index (χ3v) is 3.93. The van der Waals surface area contributed by atoms with Gasteiger partial charge in [0.25, 0.3) is 0 Å². The number of rotatable bonds is 4. The zero-order chi connectivity index (χ0) is 20.6. The molecular weight excluding hydrogens is 389 g/mol. The van der Waals surface area contributed by atoms with Crippen LogP contribution in [0.3, 0.4) is 0 Å². The Balaban J connectivity index is 1.97. The molecule has 1 nitrogen and oxygen atoms in total. The fourth-order valence-corrected chi connectivity index (χ4v) is 2.48. The highest BCUT2D eigenvalue weighted by Gasteiger charge is 2.38. The second-order valence-electron chi connectivity index (χ2n) is 6.01. The molecule has 3 rings (SSSR count). The van der Waals surface area contributed by atoms with Crippen LogP contribution in [0, 0.1) is 36.0 Å². The summed E-state index contributed by atoms with van der Waals surface area (Å²) in [5.41, 5.74) is -0.0257. The smallest absolute Gasteiger partial charge is 0.423 e. The number of benzene rings is 3. The van der Waals surface area contributed by atoms with Gasteiger partial charge >= 0.3 is 6.11 Å². The van der Waals surface area contributed by atoms with Crippen molar-refractivity contribution >= 4 is 0 Å². The molecule has 0 unspecified atom stereocenters. The van der Waals surface area contributed by atoms with Gasteiger partial charge in [-0.25, -0.2) is 22.0 Å². The molecule has 0 atom stereocenters. The van der Waals surface area contributed by atoms with E-state index in [-0.39, 0.29) is 17.7 Å². The summed E-state index contributed by atoms with van der Waals surface area (Å²) in [6.07, 6.45) is -4.53. The molecule has 0 aliphatic rings. The first-order chi connectivity index (χ1) is 13.1. The van der Waals surface area contributed by atoms with Gasteiger partial charge in [0.1, 0.15) is 0 Å². The van der Waals surface area contributed by atoms with Gasteiger partial charge in [0.05, 0.1) is 5.56 Å². The standard InChI is InChI=1S/C20H11F7O/c1-10-2-4-11(5-3-10)12-6-16(23)19(17(24)7-12)28-20(26,27)13-8-14(21)18(25)15(22)9-13/h2-9H,1H3. The van der Waals surface area contributed by atoms with Gasteiger partial charge in [-0.05, 0) is 42.3 Å². The first kappa shape index (κ1) is 19.7. The first-order valence-corrected chi connectivity index (χ1v) is 7.86. The molecule has 3 aromatic rings. The minimum atomic E-state index is -4.53. The molecule has 0 amide bonds. The summed E-state index contributed by atoms with van der Waals surface area (Å²) < 4.78 is 100. The SMILES string of the molecule is Cc1ccc(-c2cc(F)c(OC(F)(F)c3cc(F)c(F)c(F)c3)c(F)c2)cc1. The zero-order valence-electron chi connectivity index (χ0n) is 14.2. The van der Waals surface area contributed by atoms with Crippen molar-refractivity contribution in [1.82, 2.24) is 0 Å². The highest BCUT2D eigenvalue weighted by Crippen LogP contribution is 2.37. The monoisotopic (exact) mass is 400 g/mol. The van der Waals surface area contributed by atoms with Crippen molar-refractivity contribution in [2.45, 2.75) is 13.0 Å². The number of hydrogen-bond donors (Lipinski definition) is 0. The quantitative estimate of drug-likeness (QED) is 0.360. The van der Waals surface area contributed by atoms with Crippen molar-refractivity contribution in [3.63, 3.8) is 0 Å². The molecule has 0 radical (unpaired) electrons. The molecule has 8 heteroatoms. The fraction of sp³-hybridized carbons (Fsp3) is 0.100. The second-order valence-corrected chi connectivity index (χ2v) is 6.01. The third-order valence-electron chi connectivity index (χ3n) is 3.93. The maximum Gasteiger partial charge on any atom is 0.427 e. The average Bonchev–Trinajstić information content (AvgIpc) is 2.62. The van der Waals surface area contributed by atoms with E-state index in [1.54, 1.807) is 24.3 Å². The molecule has 0 spiro atoms. The summed E-state index contributed by atoms with van der Waals surface area (Å²) >= 11 is 0. The molecule has 0 saturated heterocycles. The molecule has 0 bridgehead atoms. The molecular formula is C20H11F7O. The Labute approximate surface area is 155 Å². The summed E-state index contributed by atoms with van der Waals surface area (Å²) in [6.45, 7) is 1.81. The van der Waals surface area contributed by atoms with Gasteiger partial charge in [-0.1, -0.05) is 29.8 Å². The minimum absolute atomic E-state index is 0.0190. The van der Waals surface area contributed by atoms with E-state index in [2.05, 4.69) is 4.74 Å². The van der Waals surface area contributed by atoms with Gasteiger partial charge in [0.2, 0.25) is 0 Å². The van der Waals surface area contributed by atoms with Crippen molar-refractivity contribution in [3.05, 3.63) is 88.7 Å². The Morgan fingerprint density at radius 2 is 1.18 bits per heavy atom. The Morgan fingerprint density at radius 3 is 1.68 bits per heavy atom. The second kappa shape index (κ2) is 7.18. The predicted octanol–water partition coefficient (Wildman–Crippen LogP) is 6.49. The van der Waals surface area contributed by atoms with Crippen molar-refractivity contribution in [2.24, 2.45) is 0 Å². The van der Waals surface area contributed by atoms with Gasteiger partial charge in [-0.2, -0.15) is 8.78 Å². The van der Waals surface area contributed by atoms with Crippen LogP contribution >= 0.6 is 0 Å². The summed E-state index contributed by atoms with van der Waals surface area (Å²) in [4.78, 5) is 0. The lowest BCUT2D eigenvalue weighted by Gasteiger charge is -2.19. The molecule has 0 aliphatic carbocycles. The molecule has 0 aromatic heterocycles. The molecule has 3 aromatic carbocycles. The van der Waals surface area contributed by atoms with Crippen LogP contribution in [0.15, 0.2) is 48.5 Å². The maximum absolute atomic E-state index is 14.2.